The highest BCUT2D eigenvalue weighted by Crippen LogP contribution is 2.36. The number of nitrogens with one attached hydrogen (secondary N) is 1. The van der Waals surface area contributed by atoms with Gasteiger partial charge in [-0.1, -0.05) is 37.3 Å². The first-order valence-electron chi connectivity index (χ1n) is 9.89. The largest absolute Gasteiger partial charge is 0.393 e. The van der Waals surface area contributed by atoms with Gasteiger partial charge in [0.2, 0.25) is 0 Å². The van der Waals surface area contributed by atoms with Gasteiger partial charge in [-0.25, -0.2) is 0 Å². The van der Waals surface area contributed by atoms with Gasteiger partial charge < -0.3 is 15.3 Å². The summed E-state index contributed by atoms with van der Waals surface area (Å²) in [5.74, 6) is 1.53. The Morgan fingerprint density at radius 2 is 1.83 bits per heavy atom. The van der Waals surface area contributed by atoms with E-state index in [4.69, 9.17) is 0 Å². The van der Waals surface area contributed by atoms with Crippen LogP contribution in [-0.4, -0.2) is 48.3 Å². The van der Waals surface area contributed by atoms with Gasteiger partial charge in [-0.3, -0.25) is 0 Å². The van der Waals surface area contributed by atoms with Crippen molar-refractivity contribution < 1.29 is 5.11 Å². The topological polar surface area (TPSA) is 35.5 Å². The second kappa shape index (κ2) is 8.98. The Morgan fingerprint density at radius 1 is 1.08 bits per heavy atom. The third-order valence-electron chi connectivity index (χ3n) is 5.86. The zero-order valence-corrected chi connectivity index (χ0v) is 15.2. The molecule has 0 amide bonds. The van der Waals surface area contributed by atoms with Crippen molar-refractivity contribution in [2.24, 2.45) is 5.92 Å². The number of nitrogens with zero attached hydrogens (tertiary/aromatic N) is 1. The molecule has 1 heterocycles. The van der Waals surface area contributed by atoms with Crippen LogP contribution in [-0.2, 0) is 0 Å². The Morgan fingerprint density at radius 3 is 2.58 bits per heavy atom. The minimum Gasteiger partial charge on any atom is -0.393 e. The summed E-state index contributed by atoms with van der Waals surface area (Å²) in [5, 5.41) is 13.4. The molecule has 3 unspecified atom stereocenters. The third-order valence-corrected chi connectivity index (χ3v) is 5.86. The van der Waals surface area contributed by atoms with Crippen LogP contribution >= 0.6 is 0 Å². The fourth-order valence-corrected chi connectivity index (χ4v) is 4.52. The number of likely N-dealkylation sites (tertiary alicyclic amines) is 1. The number of aliphatic hydroxyl groups excluding tert-OH is 1. The first-order chi connectivity index (χ1) is 11.7. The van der Waals surface area contributed by atoms with Crippen molar-refractivity contribution in [2.75, 3.05) is 26.2 Å². The Bertz CT molecular complexity index is 470. The van der Waals surface area contributed by atoms with Gasteiger partial charge in [0.1, 0.15) is 0 Å². The summed E-state index contributed by atoms with van der Waals surface area (Å²) < 4.78 is 0. The molecule has 0 radical (unpaired) electrons. The molecule has 24 heavy (non-hydrogen) atoms. The minimum atomic E-state index is -0.0574. The normalized spacial score (nSPS) is 29.7. The number of rotatable bonds is 6. The molecule has 1 aliphatic heterocycles. The lowest BCUT2D eigenvalue weighted by Gasteiger charge is -2.34. The van der Waals surface area contributed by atoms with Gasteiger partial charge in [0.25, 0.3) is 0 Å². The highest BCUT2D eigenvalue weighted by molar-refractivity contribution is 5.20. The van der Waals surface area contributed by atoms with Gasteiger partial charge in [-0.2, -0.15) is 0 Å². The summed E-state index contributed by atoms with van der Waals surface area (Å²) in [7, 11) is 0. The summed E-state index contributed by atoms with van der Waals surface area (Å²) in [6.45, 7) is 6.83. The summed E-state index contributed by atoms with van der Waals surface area (Å²) in [6, 6.07) is 11.7. The fraction of sp³-hybridized carbons (Fsp3) is 0.714. The molecule has 0 bridgehead atoms. The lowest BCUT2D eigenvalue weighted by Crippen LogP contribution is -2.39. The lowest BCUT2D eigenvalue weighted by atomic mass is 9.76. The van der Waals surface area contributed by atoms with Crippen LogP contribution in [0.4, 0.5) is 0 Å². The van der Waals surface area contributed by atoms with Crippen LogP contribution in [0, 0.1) is 5.92 Å². The average Bonchev–Trinajstić information content (AvgIpc) is 2.61. The monoisotopic (exact) mass is 330 g/mol. The van der Waals surface area contributed by atoms with Gasteiger partial charge in [0.05, 0.1) is 6.10 Å². The molecule has 1 aliphatic carbocycles. The van der Waals surface area contributed by atoms with E-state index in [1.807, 2.05) is 0 Å². The van der Waals surface area contributed by atoms with Crippen molar-refractivity contribution in [2.45, 2.75) is 63.5 Å². The van der Waals surface area contributed by atoms with Crippen LogP contribution in [0.1, 0.15) is 56.9 Å². The predicted molar refractivity (Wildman–Crippen MR) is 100 cm³/mol. The fourth-order valence-electron chi connectivity index (χ4n) is 4.52. The van der Waals surface area contributed by atoms with Crippen molar-refractivity contribution in [3.63, 3.8) is 0 Å². The minimum absolute atomic E-state index is 0.0574. The van der Waals surface area contributed by atoms with Gasteiger partial charge in [-0.05, 0) is 69.0 Å². The number of benzene rings is 1. The molecular weight excluding hydrogens is 296 g/mol. The van der Waals surface area contributed by atoms with E-state index in [0.29, 0.717) is 6.04 Å². The molecule has 0 spiro atoms. The average molecular weight is 331 g/mol. The number of hydrogen-bond acceptors (Lipinski definition) is 3. The molecule has 2 aliphatic rings. The van der Waals surface area contributed by atoms with Crippen molar-refractivity contribution in [3.8, 4) is 0 Å². The van der Waals surface area contributed by atoms with Crippen molar-refractivity contribution >= 4 is 0 Å². The molecule has 1 aromatic rings. The van der Waals surface area contributed by atoms with Gasteiger partial charge >= 0.3 is 0 Å². The standard InChI is InChI=1S/C21H34N2O/c1-17-14-19(18-6-3-2-4-7-18)16-20(15-17)22-10-5-11-23-12-8-21(24)9-13-23/h2-4,6-7,17,19-22,24H,5,8-16H2,1H3. The van der Waals surface area contributed by atoms with E-state index in [2.05, 4.69) is 47.5 Å². The smallest absolute Gasteiger partial charge is 0.0564 e. The number of aliphatic hydroxyl groups is 1. The molecule has 2 N–H and O–H groups in total. The molecule has 0 aromatic heterocycles. The van der Waals surface area contributed by atoms with E-state index in [1.54, 1.807) is 0 Å². The molecule has 2 fully saturated rings. The Hall–Kier alpha value is -0.900. The van der Waals surface area contributed by atoms with E-state index in [0.717, 1.165) is 44.3 Å². The summed E-state index contributed by atoms with van der Waals surface area (Å²) in [5.41, 5.74) is 1.52. The van der Waals surface area contributed by atoms with Gasteiger partial charge in [0.15, 0.2) is 0 Å². The van der Waals surface area contributed by atoms with E-state index in [1.165, 1.54) is 37.8 Å². The molecule has 3 heteroatoms. The van der Waals surface area contributed by atoms with Crippen molar-refractivity contribution in [1.82, 2.24) is 10.2 Å². The van der Waals surface area contributed by atoms with Gasteiger partial charge in [-0.15, -0.1) is 0 Å². The predicted octanol–water partition coefficient (Wildman–Crippen LogP) is 3.40. The van der Waals surface area contributed by atoms with Crippen LogP contribution in [0.25, 0.3) is 0 Å². The molecule has 3 nitrogen and oxygen atoms in total. The maximum Gasteiger partial charge on any atom is 0.0564 e. The highest BCUT2D eigenvalue weighted by Gasteiger charge is 2.27. The highest BCUT2D eigenvalue weighted by atomic mass is 16.3. The zero-order valence-electron chi connectivity index (χ0n) is 15.2. The van der Waals surface area contributed by atoms with Crippen LogP contribution in [0.3, 0.4) is 0 Å². The molecule has 3 atom stereocenters. The van der Waals surface area contributed by atoms with Crippen LogP contribution in [0.15, 0.2) is 30.3 Å². The Labute approximate surface area is 147 Å². The van der Waals surface area contributed by atoms with E-state index >= 15 is 0 Å². The van der Waals surface area contributed by atoms with E-state index < -0.39 is 0 Å². The Kier molecular flexibility index (Phi) is 6.70. The maximum atomic E-state index is 9.57. The zero-order chi connectivity index (χ0) is 16.8. The number of piperidine rings is 1. The lowest BCUT2D eigenvalue weighted by molar-refractivity contribution is 0.0819. The first kappa shape index (κ1) is 17.9. The summed E-state index contributed by atoms with van der Waals surface area (Å²) in [4.78, 5) is 2.50. The molecular formula is C21H34N2O. The summed E-state index contributed by atoms with van der Waals surface area (Å²) in [6.07, 6.45) is 7.00. The van der Waals surface area contributed by atoms with E-state index in [-0.39, 0.29) is 6.10 Å². The quantitative estimate of drug-likeness (QED) is 0.785. The molecule has 134 valence electrons. The second-order valence-corrected chi connectivity index (χ2v) is 8.00. The van der Waals surface area contributed by atoms with Crippen molar-refractivity contribution in [1.29, 1.82) is 0 Å². The third kappa shape index (κ3) is 5.30. The SMILES string of the molecule is CC1CC(NCCCN2CCC(O)CC2)CC(c2ccccc2)C1. The van der Waals surface area contributed by atoms with Gasteiger partial charge in [0, 0.05) is 19.1 Å². The first-order valence-corrected chi connectivity index (χ1v) is 9.89. The second-order valence-electron chi connectivity index (χ2n) is 8.00. The number of hydrogen-bond donors (Lipinski definition) is 2. The maximum absolute atomic E-state index is 9.57. The Balaban J connectivity index is 1.38. The molecule has 1 aromatic carbocycles. The molecule has 1 saturated carbocycles. The van der Waals surface area contributed by atoms with Crippen LogP contribution in [0.5, 0.6) is 0 Å². The van der Waals surface area contributed by atoms with Crippen LogP contribution < -0.4 is 5.32 Å². The van der Waals surface area contributed by atoms with E-state index in [9.17, 15) is 5.11 Å². The van der Waals surface area contributed by atoms with Crippen molar-refractivity contribution in [3.05, 3.63) is 35.9 Å². The molecule has 1 saturated heterocycles. The summed E-state index contributed by atoms with van der Waals surface area (Å²) >= 11 is 0. The van der Waals surface area contributed by atoms with Crippen LogP contribution in [0.2, 0.25) is 0 Å². The molecule has 3 rings (SSSR count).